The predicted molar refractivity (Wildman–Crippen MR) is 111 cm³/mol. The van der Waals surface area contributed by atoms with Crippen molar-refractivity contribution in [1.29, 1.82) is 0 Å². The molecule has 1 amide bonds. The van der Waals surface area contributed by atoms with E-state index in [-0.39, 0.29) is 5.91 Å². The van der Waals surface area contributed by atoms with Gasteiger partial charge in [0.15, 0.2) is 0 Å². The van der Waals surface area contributed by atoms with Crippen LogP contribution >= 0.6 is 0 Å². The van der Waals surface area contributed by atoms with Gasteiger partial charge in [0.05, 0.1) is 26.9 Å². The van der Waals surface area contributed by atoms with Gasteiger partial charge >= 0.3 is 0 Å². The van der Waals surface area contributed by atoms with E-state index >= 15 is 0 Å². The van der Waals surface area contributed by atoms with Crippen molar-refractivity contribution >= 4 is 12.0 Å². The van der Waals surface area contributed by atoms with E-state index in [1.807, 2.05) is 18.2 Å². The highest BCUT2D eigenvalue weighted by molar-refractivity contribution is 5.78. The maximum Gasteiger partial charge on any atom is 0.234 e. The molecule has 0 atom stereocenters. The number of morpholine rings is 1. The SMILES string of the molecule is COc1ccccc1C=CCN1CCC(CNC(=O)CN2CCOCC2)CC1. The van der Waals surface area contributed by atoms with Crippen LogP contribution in [0, 0.1) is 5.92 Å². The zero-order valence-electron chi connectivity index (χ0n) is 16.9. The van der Waals surface area contributed by atoms with Gasteiger partial charge in [0.1, 0.15) is 5.75 Å². The fourth-order valence-electron chi connectivity index (χ4n) is 3.78. The van der Waals surface area contributed by atoms with Crippen LogP contribution in [0.4, 0.5) is 0 Å². The van der Waals surface area contributed by atoms with Crippen LogP contribution in [-0.2, 0) is 9.53 Å². The maximum atomic E-state index is 12.1. The summed E-state index contributed by atoms with van der Waals surface area (Å²) >= 11 is 0. The highest BCUT2D eigenvalue weighted by atomic mass is 16.5. The van der Waals surface area contributed by atoms with Gasteiger partial charge in [-0.15, -0.1) is 0 Å². The summed E-state index contributed by atoms with van der Waals surface area (Å²) < 4.78 is 10.7. The Labute approximate surface area is 168 Å². The zero-order chi connectivity index (χ0) is 19.6. The van der Waals surface area contributed by atoms with Crippen molar-refractivity contribution in [3.8, 4) is 5.75 Å². The van der Waals surface area contributed by atoms with Gasteiger partial charge in [0, 0.05) is 31.7 Å². The number of methoxy groups -OCH3 is 1. The Morgan fingerprint density at radius 3 is 2.68 bits per heavy atom. The molecule has 2 fully saturated rings. The van der Waals surface area contributed by atoms with Crippen LogP contribution in [0.5, 0.6) is 5.75 Å². The van der Waals surface area contributed by atoms with Crippen LogP contribution in [0.2, 0.25) is 0 Å². The fourth-order valence-corrected chi connectivity index (χ4v) is 3.78. The minimum atomic E-state index is 0.143. The average Bonchev–Trinajstić information content (AvgIpc) is 2.74. The molecule has 0 saturated carbocycles. The van der Waals surface area contributed by atoms with Gasteiger partial charge < -0.3 is 14.8 Å². The molecular weight excluding hydrogens is 354 g/mol. The lowest BCUT2D eigenvalue weighted by molar-refractivity contribution is -0.123. The highest BCUT2D eigenvalue weighted by Crippen LogP contribution is 2.19. The molecule has 28 heavy (non-hydrogen) atoms. The summed E-state index contributed by atoms with van der Waals surface area (Å²) in [6.07, 6.45) is 6.62. The molecule has 3 rings (SSSR count). The Kier molecular flexibility index (Phi) is 8.33. The molecule has 0 spiro atoms. The molecule has 2 aliphatic rings. The Morgan fingerprint density at radius 1 is 1.18 bits per heavy atom. The summed E-state index contributed by atoms with van der Waals surface area (Å²) in [5, 5.41) is 3.12. The largest absolute Gasteiger partial charge is 0.496 e. The van der Waals surface area contributed by atoms with E-state index in [0.717, 1.165) is 76.6 Å². The summed E-state index contributed by atoms with van der Waals surface area (Å²) in [4.78, 5) is 16.8. The number of hydrogen-bond donors (Lipinski definition) is 1. The third kappa shape index (κ3) is 6.62. The number of piperidine rings is 1. The van der Waals surface area contributed by atoms with Crippen molar-refractivity contribution < 1.29 is 14.3 Å². The second-order valence-corrected chi connectivity index (χ2v) is 7.58. The molecule has 0 aromatic heterocycles. The van der Waals surface area contributed by atoms with Crippen molar-refractivity contribution in [3.05, 3.63) is 35.9 Å². The van der Waals surface area contributed by atoms with E-state index in [1.54, 1.807) is 7.11 Å². The number of likely N-dealkylation sites (tertiary alicyclic amines) is 1. The molecule has 1 aromatic carbocycles. The minimum absolute atomic E-state index is 0.143. The molecule has 0 unspecified atom stereocenters. The number of rotatable bonds is 8. The van der Waals surface area contributed by atoms with E-state index in [9.17, 15) is 4.79 Å². The molecule has 2 heterocycles. The van der Waals surface area contributed by atoms with Crippen LogP contribution in [0.3, 0.4) is 0 Å². The number of nitrogens with one attached hydrogen (secondary N) is 1. The fraction of sp³-hybridized carbons (Fsp3) is 0.591. The first-order valence-corrected chi connectivity index (χ1v) is 10.3. The molecule has 6 heteroatoms. The molecule has 0 bridgehead atoms. The molecular formula is C22H33N3O3. The van der Waals surface area contributed by atoms with Gasteiger partial charge in [-0.25, -0.2) is 0 Å². The number of carbonyl (C=O) groups excluding carboxylic acids is 1. The molecule has 0 radical (unpaired) electrons. The molecule has 1 aromatic rings. The monoisotopic (exact) mass is 387 g/mol. The summed E-state index contributed by atoms with van der Waals surface area (Å²) in [5.74, 6) is 1.64. The van der Waals surface area contributed by atoms with Crippen molar-refractivity contribution in [2.45, 2.75) is 12.8 Å². The lowest BCUT2D eigenvalue weighted by Gasteiger charge is -2.31. The van der Waals surface area contributed by atoms with Crippen molar-refractivity contribution in [2.75, 3.05) is 66.1 Å². The quantitative estimate of drug-likeness (QED) is 0.738. The number of nitrogens with zero attached hydrogens (tertiary/aromatic N) is 2. The first-order valence-electron chi connectivity index (χ1n) is 10.3. The second-order valence-electron chi connectivity index (χ2n) is 7.58. The predicted octanol–water partition coefficient (Wildman–Crippen LogP) is 1.87. The summed E-state index contributed by atoms with van der Waals surface area (Å²) in [6.45, 7) is 7.59. The van der Waals surface area contributed by atoms with E-state index < -0.39 is 0 Å². The summed E-state index contributed by atoms with van der Waals surface area (Å²) in [6, 6.07) is 8.07. The molecule has 2 saturated heterocycles. The van der Waals surface area contributed by atoms with Crippen LogP contribution in [0.15, 0.2) is 30.3 Å². The van der Waals surface area contributed by atoms with Gasteiger partial charge in [-0.1, -0.05) is 30.4 Å². The number of benzene rings is 1. The average molecular weight is 388 g/mol. The molecule has 0 aliphatic carbocycles. The third-order valence-corrected chi connectivity index (χ3v) is 5.57. The molecule has 6 nitrogen and oxygen atoms in total. The van der Waals surface area contributed by atoms with Crippen molar-refractivity contribution in [1.82, 2.24) is 15.1 Å². The molecule has 2 aliphatic heterocycles. The van der Waals surface area contributed by atoms with Crippen LogP contribution in [0.1, 0.15) is 18.4 Å². The number of amides is 1. The van der Waals surface area contributed by atoms with E-state index in [4.69, 9.17) is 9.47 Å². The zero-order valence-corrected chi connectivity index (χ0v) is 16.9. The minimum Gasteiger partial charge on any atom is -0.496 e. The van der Waals surface area contributed by atoms with Crippen molar-refractivity contribution in [2.24, 2.45) is 5.92 Å². The van der Waals surface area contributed by atoms with E-state index in [1.165, 1.54) is 0 Å². The lowest BCUT2D eigenvalue weighted by Crippen LogP contribution is -2.45. The highest BCUT2D eigenvalue weighted by Gasteiger charge is 2.20. The number of carbonyl (C=O) groups is 1. The second kappa shape index (κ2) is 11.2. The Hall–Kier alpha value is -1.89. The van der Waals surface area contributed by atoms with E-state index in [0.29, 0.717) is 12.5 Å². The number of hydrogen-bond acceptors (Lipinski definition) is 5. The van der Waals surface area contributed by atoms with Crippen LogP contribution in [-0.4, -0.2) is 81.8 Å². The lowest BCUT2D eigenvalue weighted by atomic mass is 9.97. The maximum absolute atomic E-state index is 12.1. The van der Waals surface area contributed by atoms with Gasteiger partial charge in [0.25, 0.3) is 0 Å². The number of ether oxygens (including phenoxy) is 2. The summed E-state index contributed by atoms with van der Waals surface area (Å²) in [7, 11) is 1.71. The Morgan fingerprint density at radius 2 is 1.93 bits per heavy atom. The van der Waals surface area contributed by atoms with Gasteiger partial charge in [-0.05, 0) is 37.9 Å². The van der Waals surface area contributed by atoms with Crippen LogP contribution in [0.25, 0.3) is 6.08 Å². The normalized spacial score (nSPS) is 19.8. The third-order valence-electron chi connectivity index (χ3n) is 5.57. The smallest absolute Gasteiger partial charge is 0.234 e. The van der Waals surface area contributed by atoms with Gasteiger partial charge in [-0.3, -0.25) is 14.6 Å². The van der Waals surface area contributed by atoms with E-state index in [2.05, 4.69) is 33.3 Å². The Bertz CT molecular complexity index is 636. The Balaban J connectivity index is 1.32. The van der Waals surface area contributed by atoms with Crippen LogP contribution < -0.4 is 10.1 Å². The van der Waals surface area contributed by atoms with Gasteiger partial charge in [0.2, 0.25) is 5.91 Å². The van der Waals surface area contributed by atoms with Crippen molar-refractivity contribution in [3.63, 3.8) is 0 Å². The van der Waals surface area contributed by atoms with Gasteiger partial charge in [-0.2, -0.15) is 0 Å². The number of para-hydroxylation sites is 1. The molecule has 154 valence electrons. The topological polar surface area (TPSA) is 54.0 Å². The first kappa shape index (κ1) is 20.8. The summed E-state index contributed by atoms with van der Waals surface area (Å²) in [5.41, 5.74) is 1.11. The first-order chi connectivity index (χ1) is 13.7. The standard InChI is InChI=1S/C22H33N3O3/c1-27-21-7-3-2-5-20(21)6-4-10-24-11-8-19(9-12-24)17-23-22(26)18-25-13-15-28-16-14-25/h2-7,19H,8-18H2,1H3,(H,23,26). The molecule has 1 N–H and O–H groups in total.